The smallest absolute Gasteiger partial charge is 0.309 e. The van der Waals surface area contributed by atoms with Crippen LogP contribution in [0, 0.1) is 5.92 Å². The highest BCUT2D eigenvalue weighted by Crippen LogP contribution is 2.25. The van der Waals surface area contributed by atoms with Gasteiger partial charge in [0.2, 0.25) is 0 Å². The van der Waals surface area contributed by atoms with E-state index >= 15 is 0 Å². The van der Waals surface area contributed by atoms with Crippen LogP contribution in [0.3, 0.4) is 0 Å². The fourth-order valence-corrected chi connectivity index (χ4v) is 1.57. The van der Waals surface area contributed by atoms with Gasteiger partial charge in [0.25, 0.3) is 0 Å². The molecule has 0 radical (unpaired) electrons. The minimum Gasteiger partial charge on any atom is -0.481 e. The van der Waals surface area contributed by atoms with Gasteiger partial charge in [-0.05, 0) is 12.8 Å². The predicted octanol–water partition coefficient (Wildman–Crippen LogP) is -1.30. The summed E-state index contributed by atoms with van der Waals surface area (Å²) in [6.07, 6.45) is 1.36. The van der Waals surface area contributed by atoms with Crippen LogP contribution in [0.5, 0.6) is 0 Å². The van der Waals surface area contributed by atoms with Crippen molar-refractivity contribution >= 4 is 12.3 Å². The van der Waals surface area contributed by atoms with E-state index < -0.39 is 18.0 Å². The Labute approximate surface area is 75.4 Å². The molecule has 3 unspecified atom stereocenters. The Morgan fingerprint density at radius 2 is 2.31 bits per heavy atom. The summed E-state index contributed by atoms with van der Waals surface area (Å²) in [7, 11) is 0. The molecule has 6 heteroatoms. The third kappa shape index (κ3) is 2.32. The number of aliphatic hydroxyl groups is 1. The maximum absolute atomic E-state index is 10.6. The average Bonchev–Trinajstić information content (AvgIpc) is 2.43. The lowest BCUT2D eigenvalue weighted by Crippen LogP contribution is -2.26. The number of nitrogens with one attached hydrogen (secondary N) is 1. The van der Waals surface area contributed by atoms with Crippen molar-refractivity contribution < 1.29 is 15.0 Å². The number of carboxylic acids is 1. The molecular weight excluding hydrogens is 174 g/mol. The lowest BCUT2D eigenvalue weighted by Gasteiger charge is -2.07. The number of rotatable bonds is 3. The van der Waals surface area contributed by atoms with Crippen molar-refractivity contribution in [3.05, 3.63) is 0 Å². The molecule has 0 aromatic carbocycles. The van der Waals surface area contributed by atoms with E-state index in [0.29, 0.717) is 12.8 Å². The van der Waals surface area contributed by atoms with Crippen LogP contribution in [0.2, 0.25) is 0 Å². The number of hydrazone groups is 1. The topological polar surface area (TPSA) is 108 Å². The van der Waals surface area contributed by atoms with Crippen LogP contribution in [-0.4, -0.2) is 34.7 Å². The summed E-state index contributed by atoms with van der Waals surface area (Å²) in [6, 6.07) is -0.0524. The number of carbonyl (C=O) groups is 1. The first-order chi connectivity index (χ1) is 6.15. The molecule has 0 heterocycles. The van der Waals surface area contributed by atoms with E-state index in [4.69, 9.17) is 10.9 Å². The van der Waals surface area contributed by atoms with Gasteiger partial charge in [-0.2, -0.15) is 5.10 Å². The molecule has 74 valence electrons. The van der Waals surface area contributed by atoms with Crippen molar-refractivity contribution in [1.29, 1.82) is 0 Å². The van der Waals surface area contributed by atoms with Crippen molar-refractivity contribution in [1.82, 2.24) is 5.32 Å². The van der Waals surface area contributed by atoms with Crippen LogP contribution >= 0.6 is 0 Å². The van der Waals surface area contributed by atoms with Gasteiger partial charge in [0, 0.05) is 6.04 Å². The second-order valence-corrected chi connectivity index (χ2v) is 3.13. The van der Waals surface area contributed by atoms with E-state index in [2.05, 4.69) is 10.4 Å². The number of aliphatic hydroxyl groups excluding tert-OH is 1. The predicted molar refractivity (Wildman–Crippen MR) is 46.0 cm³/mol. The maximum Gasteiger partial charge on any atom is 0.309 e. The zero-order chi connectivity index (χ0) is 9.84. The molecule has 13 heavy (non-hydrogen) atoms. The third-order valence-electron chi connectivity index (χ3n) is 2.23. The summed E-state index contributed by atoms with van der Waals surface area (Å²) in [6.45, 7) is 0. The Morgan fingerprint density at radius 3 is 2.77 bits per heavy atom. The van der Waals surface area contributed by atoms with Gasteiger partial charge < -0.3 is 21.4 Å². The van der Waals surface area contributed by atoms with Gasteiger partial charge in [0.05, 0.1) is 12.0 Å². The van der Waals surface area contributed by atoms with Crippen LogP contribution < -0.4 is 11.2 Å². The first-order valence-electron chi connectivity index (χ1n) is 4.03. The normalized spacial score (nSPS) is 33.8. The quantitative estimate of drug-likeness (QED) is 0.190. The highest BCUT2D eigenvalue weighted by Gasteiger charge is 2.37. The number of carboxylic acid groups (broad SMARTS) is 1. The second-order valence-electron chi connectivity index (χ2n) is 3.13. The maximum atomic E-state index is 10.6. The average molecular weight is 187 g/mol. The minimum atomic E-state index is -0.957. The van der Waals surface area contributed by atoms with E-state index in [1.807, 2.05) is 0 Å². The third-order valence-corrected chi connectivity index (χ3v) is 2.23. The Hall–Kier alpha value is -1.30. The molecule has 0 amide bonds. The van der Waals surface area contributed by atoms with Gasteiger partial charge in [0.15, 0.2) is 0 Å². The Morgan fingerprint density at radius 1 is 1.62 bits per heavy atom. The summed E-state index contributed by atoms with van der Waals surface area (Å²) in [5, 5.41) is 24.0. The molecule has 1 aliphatic carbocycles. The van der Waals surface area contributed by atoms with E-state index in [1.54, 1.807) is 0 Å². The van der Waals surface area contributed by atoms with E-state index in [-0.39, 0.29) is 6.04 Å². The molecule has 0 bridgehead atoms. The number of nitrogens with two attached hydrogens (primary N) is 1. The van der Waals surface area contributed by atoms with Gasteiger partial charge in [-0.3, -0.25) is 4.79 Å². The molecule has 0 saturated heterocycles. The van der Waals surface area contributed by atoms with Crippen molar-refractivity contribution in [2.45, 2.75) is 25.0 Å². The van der Waals surface area contributed by atoms with E-state index in [9.17, 15) is 9.90 Å². The molecule has 0 aliphatic heterocycles. The summed E-state index contributed by atoms with van der Waals surface area (Å²) in [4.78, 5) is 10.6. The largest absolute Gasteiger partial charge is 0.481 e. The SMILES string of the molecule is NN=CNC1CC(O)C(C(=O)O)C1. The number of aliphatic carboxylic acids is 1. The number of hydrogen-bond donors (Lipinski definition) is 4. The minimum absolute atomic E-state index is 0.0524. The van der Waals surface area contributed by atoms with Crippen molar-refractivity contribution in [3.63, 3.8) is 0 Å². The van der Waals surface area contributed by atoms with Crippen molar-refractivity contribution in [2.75, 3.05) is 0 Å². The fourth-order valence-electron chi connectivity index (χ4n) is 1.57. The monoisotopic (exact) mass is 187 g/mol. The van der Waals surface area contributed by atoms with Crippen LogP contribution in [-0.2, 0) is 4.79 Å². The summed E-state index contributed by atoms with van der Waals surface area (Å²) < 4.78 is 0. The molecule has 1 fully saturated rings. The van der Waals surface area contributed by atoms with Gasteiger partial charge in [-0.1, -0.05) is 0 Å². The lowest BCUT2D eigenvalue weighted by atomic mass is 10.1. The van der Waals surface area contributed by atoms with Gasteiger partial charge >= 0.3 is 5.97 Å². The molecule has 1 aliphatic rings. The van der Waals surface area contributed by atoms with Gasteiger partial charge in [-0.15, -0.1) is 0 Å². The number of nitrogens with zero attached hydrogens (tertiary/aromatic N) is 1. The molecule has 1 saturated carbocycles. The lowest BCUT2D eigenvalue weighted by molar-refractivity contribution is -0.144. The zero-order valence-corrected chi connectivity index (χ0v) is 7.05. The van der Waals surface area contributed by atoms with Crippen molar-refractivity contribution in [3.8, 4) is 0 Å². The first kappa shape index (κ1) is 9.79. The van der Waals surface area contributed by atoms with Gasteiger partial charge in [-0.25, -0.2) is 0 Å². The van der Waals surface area contributed by atoms with Crippen LogP contribution in [0.4, 0.5) is 0 Å². The molecule has 0 aromatic heterocycles. The summed E-state index contributed by atoms with van der Waals surface area (Å²) >= 11 is 0. The molecule has 6 nitrogen and oxygen atoms in total. The number of hydrogen-bond acceptors (Lipinski definition) is 4. The fraction of sp³-hybridized carbons (Fsp3) is 0.714. The zero-order valence-electron chi connectivity index (χ0n) is 7.05. The van der Waals surface area contributed by atoms with Gasteiger partial charge in [0.1, 0.15) is 6.34 Å². The van der Waals surface area contributed by atoms with Crippen molar-refractivity contribution in [2.24, 2.45) is 16.9 Å². The molecule has 0 aromatic rings. The Kier molecular flexibility index (Phi) is 3.07. The summed E-state index contributed by atoms with van der Waals surface area (Å²) in [5.41, 5.74) is 0. The standard InChI is InChI=1S/C7H13N3O3/c8-10-3-9-4-1-5(7(12)13)6(11)2-4/h3-6,11H,1-2,8H2,(H,9,10)(H,12,13). The Balaban J connectivity index is 2.45. The van der Waals surface area contributed by atoms with E-state index in [0.717, 1.165) is 0 Å². The molecule has 5 N–H and O–H groups in total. The van der Waals surface area contributed by atoms with Crippen LogP contribution in [0.25, 0.3) is 0 Å². The van der Waals surface area contributed by atoms with Crippen LogP contribution in [0.15, 0.2) is 5.10 Å². The Bertz CT molecular complexity index is 219. The van der Waals surface area contributed by atoms with Crippen LogP contribution in [0.1, 0.15) is 12.8 Å². The molecule has 0 spiro atoms. The summed E-state index contributed by atoms with van der Waals surface area (Å²) in [5.74, 6) is 3.23. The second kappa shape index (κ2) is 4.08. The van der Waals surface area contributed by atoms with E-state index in [1.165, 1.54) is 6.34 Å². The highest BCUT2D eigenvalue weighted by molar-refractivity contribution is 5.71. The first-order valence-corrected chi connectivity index (χ1v) is 4.03. The molecule has 3 atom stereocenters. The molecular formula is C7H13N3O3. The molecule has 1 rings (SSSR count). The highest BCUT2D eigenvalue weighted by atomic mass is 16.4.